The largest absolute Gasteiger partial charge is 0.399 e. The van der Waals surface area contributed by atoms with Crippen LogP contribution in [0.5, 0.6) is 0 Å². The molecule has 0 saturated heterocycles. The molecule has 0 atom stereocenters. The summed E-state index contributed by atoms with van der Waals surface area (Å²) in [4.78, 5) is 20.0. The molecule has 0 unspecified atom stereocenters. The summed E-state index contributed by atoms with van der Waals surface area (Å²) in [6.07, 6.45) is 1.63. The molecular formula is C16H18N4O. The predicted octanol–water partition coefficient (Wildman–Crippen LogP) is 1.89. The summed E-state index contributed by atoms with van der Waals surface area (Å²) >= 11 is 0. The number of nitrogens with zero attached hydrogens (tertiary/aromatic N) is 3. The zero-order valence-electron chi connectivity index (χ0n) is 12.2. The highest BCUT2D eigenvalue weighted by atomic mass is 16.2. The molecule has 2 heterocycles. The molecule has 2 N–H and O–H groups in total. The lowest BCUT2D eigenvalue weighted by Crippen LogP contribution is -2.22. The molecule has 1 amide bonds. The van der Waals surface area contributed by atoms with Crippen molar-refractivity contribution in [2.75, 3.05) is 24.7 Å². The van der Waals surface area contributed by atoms with Crippen molar-refractivity contribution in [2.45, 2.75) is 13.1 Å². The number of pyridine rings is 1. The van der Waals surface area contributed by atoms with Crippen LogP contribution < -0.4 is 10.6 Å². The molecule has 0 aliphatic carbocycles. The summed E-state index contributed by atoms with van der Waals surface area (Å²) < 4.78 is 0. The molecule has 0 bridgehead atoms. The number of nitrogens with two attached hydrogens (primary N) is 1. The van der Waals surface area contributed by atoms with Crippen LogP contribution in [0.3, 0.4) is 0 Å². The van der Waals surface area contributed by atoms with Gasteiger partial charge in [-0.1, -0.05) is 6.07 Å². The number of carbonyl (C=O) groups is 1. The number of nitrogen functional groups attached to an aromatic ring is 1. The third kappa shape index (κ3) is 2.54. The lowest BCUT2D eigenvalue weighted by molar-refractivity contribution is 0.0827. The van der Waals surface area contributed by atoms with E-state index in [1.807, 2.05) is 24.3 Å². The summed E-state index contributed by atoms with van der Waals surface area (Å²) in [6, 6.07) is 9.72. The number of hydrogen-bond donors (Lipinski definition) is 1. The van der Waals surface area contributed by atoms with Crippen molar-refractivity contribution in [1.29, 1.82) is 0 Å². The monoisotopic (exact) mass is 282 g/mol. The van der Waals surface area contributed by atoms with Crippen molar-refractivity contribution in [1.82, 2.24) is 9.88 Å². The molecule has 0 spiro atoms. The summed E-state index contributed by atoms with van der Waals surface area (Å²) in [5.74, 6) is 0.839. The number of fused-ring (bicyclic) bond motifs is 1. The third-order valence-electron chi connectivity index (χ3n) is 3.68. The minimum Gasteiger partial charge on any atom is -0.399 e. The average Bonchev–Trinajstić information content (AvgIpc) is 2.89. The van der Waals surface area contributed by atoms with E-state index in [4.69, 9.17) is 5.73 Å². The first-order chi connectivity index (χ1) is 10.0. The molecule has 1 aliphatic rings. The zero-order chi connectivity index (χ0) is 15.0. The van der Waals surface area contributed by atoms with Gasteiger partial charge in [0.15, 0.2) is 0 Å². The number of aromatic nitrogens is 1. The minimum absolute atomic E-state index is 0.0356. The summed E-state index contributed by atoms with van der Waals surface area (Å²) in [5.41, 5.74) is 9.73. The van der Waals surface area contributed by atoms with E-state index in [9.17, 15) is 4.79 Å². The Morgan fingerprint density at radius 1 is 1.19 bits per heavy atom. The summed E-state index contributed by atoms with van der Waals surface area (Å²) in [6.45, 7) is 1.62. The minimum atomic E-state index is -0.0356. The first-order valence-corrected chi connectivity index (χ1v) is 6.84. The molecule has 1 aromatic carbocycles. The van der Waals surface area contributed by atoms with Crippen molar-refractivity contribution in [3.63, 3.8) is 0 Å². The van der Waals surface area contributed by atoms with Crippen LogP contribution in [0.1, 0.15) is 21.5 Å². The highest BCUT2D eigenvalue weighted by molar-refractivity contribution is 5.93. The van der Waals surface area contributed by atoms with E-state index in [2.05, 4.69) is 16.0 Å². The highest BCUT2D eigenvalue weighted by Crippen LogP contribution is 2.28. The lowest BCUT2D eigenvalue weighted by Gasteiger charge is -2.17. The van der Waals surface area contributed by atoms with E-state index in [1.165, 1.54) is 11.1 Å². The van der Waals surface area contributed by atoms with Crippen LogP contribution >= 0.6 is 0 Å². The lowest BCUT2D eigenvalue weighted by atomic mass is 10.1. The van der Waals surface area contributed by atoms with E-state index in [1.54, 1.807) is 25.2 Å². The van der Waals surface area contributed by atoms with Gasteiger partial charge in [0.05, 0.1) is 5.56 Å². The quantitative estimate of drug-likeness (QED) is 0.854. The Bertz CT molecular complexity index is 679. The maximum atomic E-state index is 11.9. The van der Waals surface area contributed by atoms with Gasteiger partial charge < -0.3 is 15.5 Å². The van der Waals surface area contributed by atoms with Gasteiger partial charge in [0.2, 0.25) is 0 Å². The van der Waals surface area contributed by atoms with Crippen molar-refractivity contribution in [2.24, 2.45) is 0 Å². The molecule has 21 heavy (non-hydrogen) atoms. The molecule has 0 fully saturated rings. The second kappa shape index (κ2) is 5.09. The van der Waals surface area contributed by atoms with Gasteiger partial charge >= 0.3 is 0 Å². The standard InChI is InChI=1S/C16H18N4O/c1-19(2)16(21)11-4-6-15(18-8-11)20-9-12-3-5-14(17)7-13(12)10-20/h3-8H,9-10,17H2,1-2H3. The Labute approximate surface area is 124 Å². The van der Waals surface area contributed by atoms with Gasteiger partial charge in [-0.25, -0.2) is 4.98 Å². The predicted molar refractivity (Wildman–Crippen MR) is 83.0 cm³/mol. The van der Waals surface area contributed by atoms with E-state index < -0.39 is 0 Å². The average molecular weight is 282 g/mol. The zero-order valence-corrected chi connectivity index (χ0v) is 12.2. The second-order valence-electron chi connectivity index (χ2n) is 5.49. The molecule has 0 radical (unpaired) electrons. The van der Waals surface area contributed by atoms with Crippen LogP contribution in [0.2, 0.25) is 0 Å². The van der Waals surface area contributed by atoms with Crippen molar-refractivity contribution >= 4 is 17.4 Å². The molecule has 5 nitrogen and oxygen atoms in total. The third-order valence-corrected chi connectivity index (χ3v) is 3.68. The Morgan fingerprint density at radius 2 is 1.95 bits per heavy atom. The topological polar surface area (TPSA) is 62.5 Å². The van der Waals surface area contributed by atoms with Gasteiger partial charge in [0.25, 0.3) is 5.91 Å². The molecule has 5 heteroatoms. The SMILES string of the molecule is CN(C)C(=O)c1ccc(N2Cc3ccc(N)cc3C2)nc1. The number of anilines is 2. The first kappa shape index (κ1) is 13.4. The molecule has 3 rings (SSSR count). The Balaban J connectivity index is 1.79. The maximum absolute atomic E-state index is 11.9. The second-order valence-corrected chi connectivity index (χ2v) is 5.49. The summed E-state index contributed by atoms with van der Waals surface area (Å²) in [7, 11) is 3.47. The van der Waals surface area contributed by atoms with Crippen LogP contribution in [-0.4, -0.2) is 29.9 Å². The van der Waals surface area contributed by atoms with Crippen LogP contribution in [0, 0.1) is 0 Å². The van der Waals surface area contributed by atoms with E-state index in [0.29, 0.717) is 5.56 Å². The number of amides is 1. The highest BCUT2D eigenvalue weighted by Gasteiger charge is 2.20. The normalized spacial score (nSPS) is 13.1. The van der Waals surface area contributed by atoms with E-state index in [-0.39, 0.29) is 5.91 Å². The van der Waals surface area contributed by atoms with Gasteiger partial charge in [0.1, 0.15) is 5.82 Å². The van der Waals surface area contributed by atoms with Crippen LogP contribution in [0.4, 0.5) is 11.5 Å². The van der Waals surface area contributed by atoms with Crippen LogP contribution in [0.25, 0.3) is 0 Å². The fraction of sp³-hybridized carbons (Fsp3) is 0.250. The molecule has 1 aromatic heterocycles. The van der Waals surface area contributed by atoms with Crippen LogP contribution in [0.15, 0.2) is 36.5 Å². The van der Waals surface area contributed by atoms with Crippen LogP contribution in [-0.2, 0) is 13.1 Å². The van der Waals surface area contributed by atoms with Crippen molar-refractivity contribution < 1.29 is 4.79 Å². The molecule has 0 saturated carbocycles. The van der Waals surface area contributed by atoms with Gasteiger partial charge in [-0.05, 0) is 35.4 Å². The number of rotatable bonds is 2. The Morgan fingerprint density at radius 3 is 2.62 bits per heavy atom. The van der Waals surface area contributed by atoms with Gasteiger partial charge in [-0.3, -0.25) is 4.79 Å². The van der Waals surface area contributed by atoms with Crippen molar-refractivity contribution in [3.8, 4) is 0 Å². The number of benzene rings is 1. The summed E-state index contributed by atoms with van der Waals surface area (Å²) in [5, 5.41) is 0. The smallest absolute Gasteiger partial charge is 0.254 e. The fourth-order valence-electron chi connectivity index (χ4n) is 2.53. The van der Waals surface area contributed by atoms with Gasteiger partial charge in [0, 0.05) is 39.1 Å². The molecule has 108 valence electrons. The number of carbonyl (C=O) groups excluding carboxylic acids is 1. The molecule has 2 aromatic rings. The maximum Gasteiger partial charge on any atom is 0.254 e. The fourth-order valence-corrected chi connectivity index (χ4v) is 2.53. The first-order valence-electron chi connectivity index (χ1n) is 6.84. The van der Waals surface area contributed by atoms with E-state index in [0.717, 1.165) is 24.6 Å². The van der Waals surface area contributed by atoms with Gasteiger partial charge in [-0.15, -0.1) is 0 Å². The molecular weight excluding hydrogens is 264 g/mol. The van der Waals surface area contributed by atoms with Gasteiger partial charge in [-0.2, -0.15) is 0 Å². The van der Waals surface area contributed by atoms with Crippen molar-refractivity contribution in [3.05, 3.63) is 53.2 Å². The Hall–Kier alpha value is -2.56. The number of hydrogen-bond acceptors (Lipinski definition) is 4. The molecule has 1 aliphatic heterocycles. The Kier molecular flexibility index (Phi) is 3.25. The van der Waals surface area contributed by atoms with E-state index >= 15 is 0 Å².